The van der Waals surface area contributed by atoms with E-state index in [1.165, 1.54) is 10.7 Å². The molecule has 18 heavy (non-hydrogen) atoms. The van der Waals surface area contributed by atoms with E-state index in [4.69, 9.17) is 0 Å². The van der Waals surface area contributed by atoms with Crippen molar-refractivity contribution in [3.05, 3.63) is 22.6 Å². The van der Waals surface area contributed by atoms with Crippen molar-refractivity contribution in [3.8, 4) is 0 Å². The molecule has 5 nitrogen and oxygen atoms in total. The molecule has 0 bridgehead atoms. The van der Waals surface area contributed by atoms with Crippen molar-refractivity contribution >= 4 is 11.5 Å². The first-order valence-electron chi connectivity index (χ1n) is 6.34. The Balaban J connectivity index is 2.99. The summed E-state index contributed by atoms with van der Waals surface area (Å²) in [4.78, 5) is 25.5. The average molecular weight is 251 g/mol. The molecule has 1 heterocycles. The molecule has 0 saturated heterocycles. The molecule has 1 aromatic rings. The van der Waals surface area contributed by atoms with E-state index in [0.29, 0.717) is 6.42 Å². The summed E-state index contributed by atoms with van der Waals surface area (Å²) in [6.45, 7) is 6.44. The Bertz CT molecular complexity index is 468. The lowest BCUT2D eigenvalue weighted by Crippen LogP contribution is -2.31. The van der Waals surface area contributed by atoms with Crippen LogP contribution in [0.25, 0.3) is 0 Å². The molecule has 0 radical (unpaired) electrons. The van der Waals surface area contributed by atoms with Crippen LogP contribution in [0.4, 0.5) is 5.69 Å². The molecule has 0 aliphatic rings. The van der Waals surface area contributed by atoms with Crippen LogP contribution in [-0.4, -0.2) is 29.2 Å². The summed E-state index contributed by atoms with van der Waals surface area (Å²) < 4.78 is 1.25. The third-order valence-corrected chi connectivity index (χ3v) is 2.99. The van der Waals surface area contributed by atoms with Gasteiger partial charge >= 0.3 is 0 Å². The number of hydrogen-bond donors (Lipinski definition) is 0. The summed E-state index contributed by atoms with van der Waals surface area (Å²) in [5.41, 5.74) is 0.555. The smallest absolute Gasteiger partial charge is 0.269 e. The highest BCUT2D eigenvalue weighted by molar-refractivity contribution is 5.81. The van der Waals surface area contributed by atoms with E-state index in [-0.39, 0.29) is 11.3 Å². The van der Waals surface area contributed by atoms with Crippen molar-refractivity contribution in [1.29, 1.82) is 0 Å². The van der Waals surface area contributed by atoms with Gasteiger partial charge in [-0.3, -0.25) is 9.59 Å². The zero-order valence-electron chi connectivity index (χ0n) is 11.5. The number of ketones is 1. The van der Waals surface area contributed by atoms with Crippen LogP contribution in [0.1, 0.15) is 39.7 Å². The Morgan fingerprint density at radius 3 is 2.67 bits per heavy atom. The maximum absolute atomic E-state index is 11.9. The van der Waals surface area contributed by atoms with Crippen molar-refractivity contribution in [1.82, 2.24) is 9.78 Å². The number of carbonyl (C=O) groups excluding carboxylic acids is 1. The molecule has 5 heteroatoms. The molecule has 0 amide bonds. The zero-order valence-corrected chi connectivity index (χ0v) is 11.5. The molecule has 0 aromatic carbocycles. The Labute approximate surface area is 107 Å². The van der Waals surface area contributed by atoms with E-state index in [9.17, 15) is 9.59 Å². The number of rotatable bonds is 6. The van der Waals surface area contributed by atoms with E-state index >= 15 is 0 Å². The minimum atomic E-state index is -0.493. The Hall–Kier alpha value is -1.65. The van der Waals surface area contributed by atoms with Crippen molar-refractivity contribution < 1.29 is 4.79 Å². The molecule has 100 valence electrons. The standard InChI is InChI=1S/C13H21N3O2/c1-5-7-15(4)11-8-13(18)16(14-9-11)10(3)12(17)6-2/h8-10H,5-7H2,1-4H3. The summed E-state index contributed by atoms with van der Waals surface area (Å²) in [5.74, 6) is 0.0132. The minimum absolute atomic E-state index is 0.0132. The van der Waals surface area contributed by atoms with Crippen LogP contribution >= 0.6 is 0 Å². The van der Waals surface area contributed by atoms with Gasteiger partial charge in [-0.25, -0.2) is 4.68 Å². The van der Waals surface area contributed by atoms with E-state index in [0.717, 1.165) is 18.7 Å². The zero-order chi connectivity index (χ0) is 13.7. The fourth-order valence-electron chi connectivity index (χ4n) is 1.80. The lowest BCUT2D eigenvalue weighted by molar-refractivity contribution is -0.121. The molecular formula is C13H21N3O2. The van der Waals surface area contributed by atoms with E-state index < -0.39 is 6.04 Å². The van der Waals surface area contributed by atoms with Gasteiger partial charge in [-0.1, -0.05) is 13.8 Å². The molecule has 1 aromatic heterocycles. The van der Waals surface area contributed by atoms with Gasteiger partial charge in [0.25, 0.3) is 5.56 Å². The van der Waals surface area contributed by atoms with Crippen LogP contribution in [-0.2, 0) is 4.79 Å². The fraction of sp³-hybridized carbons (Fsp3) is 0.615. The van der Waals surface area contributed by atoms with Crippen LogP contribution in [0, 0.1) is 0 Å². The number of aromatic nitrogens is 2. The summed E-state index contributed by atoms with van der Waals surface area (Å²) in [6.07, 6.45) is 3.05. The number of Topliss-reactive ketones (excluding diaryl/α,β-unsaturated/α-hetero) is 1. The highest BCUT2D eigenvalue weighted by Crippen LogP contribution is 2.10. The average Bonchev–Trinajstić information content (AvgIpc) is 2.37. The molecule has 0 saturated carbocycles. The SMILES string of the molecule is CCCN(C)c1cnn(C(C)C(=O)CC)c(=O)c1. The normalized spacial score (nSPS) is 12.2. The van der Waals surface area contributed by atoms with Gasteiger partial charge < -0.3 is 4.90 Å². The first kappa shape index (κ1) is 14.4. The highest BCUT2D eigenvalue weighted by Gasteiger charge is 2.15. The van der Waals surface area contributed by atoms with E-state index in [2.05, 4.69) is 12.0 Å². The van der Waals surface area contributed by atoms with Gasteiger partial charge in [0.05, 0.1) is 11.9 Å². The quantitative estimate of drug-likeness (QED) is 0.771. The minimum Gasteiger partial charge on any atom is -0.373 e. The lowest BCUT2D eigenvalue weighted by atomic mass is 10.2. The van der Waals surface area contributed by atoms with Gasteiger partial charge in [0.2, 0.25) is 0 Å². The third kappa shape index (κ3) is 3.18. The van der Waals surface area contributed by atoms with Gasteiger partial charge in [0.15, 0.2) is 5.78 Å². The van der Waals surface area contributed by atoms with Gasteiger partial charge in [0, 0.05) is 26.1 Å². The van der Waals surface area contributed by atoms with Crippen molar-refractivity contribution in [2.75, 3.05) is 18.5 Å². The third-order valence-electron chi connectivity index (χ3n) is 2.99. The second-order valence-electron chi connectivity index (χ2n) is 4.41. The van der Waals surface area contributed by atoms with Gasteiger partial charge in [0.1, 0.15) is 6.04 Å². The molecule has 0 aliphatic heterocycles. The molecular weight excluding hydrogens is 230 g/mol. The van der Waals surface area contributed by atoms with Crippen LogP contribution in [0.5, 0.6) is 0 Å². The number of nitrogens with zero attached hydrogens (tertiary/aromatic N) is 3. The molecule has 0 spiro atoms. The maximum Gasteiger partial charge on any atom is 0.269 e. The maximum atomic E-state index is 11.9. The van der Waals surface area contributed by atoms with E-state index in [1.54, 1.807) is 20.0 Å². The Kier molecular flexibility index (Phi) is 5.07. The molecule has 0 N–H and O–H groups in total. The summed E-state index contributed by atoms with van der Waals surface area (Å²) >= 11 is 0. The summed E-state index contributed by atoms with van der Waals surface area (Å²) in [7, 11) is 1.92. The number of carbonyl (C=O) groups is 1. The van der Waals surface area contributed by atoms with Crippen LogP contribution < -0.4 is 10.5 Å². The second kappa shape index (κ2) is 6.33. The second-order valence-corrected chi connectivity index (χ2v) is 4.41. The topological polar surface area (TPSA) is 55.2 Å². The first-order chi connectivity index (χ1) is 8.51. The van der Waals surface area contributed by atoms with Crippen molar-refractivity contribution in [2.24, 2.45) is 0 Å². The van der Waals surface area contributed by atoms with Crippen molar-refractivity contribution in [3.63, 3.8) is 0 Å². The van der Waals surface area contributed by atoms with E-state index in [1.807, 2.05) is 11.9 Å². The van der Waals surface area contributed by atoms with Crippen molar-refractivity contribution in [2.45, 2.75) is 39.7 Å². The van der Waals surface area contributed by atoms with Gasteiger partial charge in [-0.2, -0.15) is 5.10 Å². The molecule has 1 atom stereocenters. The van der Waals surface area contributed by atoms with Crippen LogP contribution in [0.3, 0.4) is 0 Å². The number of anilines is 1. The molecule has 0 fully saturated rings. The Morgan fingerprint density at radius 1 is 1.50 bits per heavy atom. The predicted molar refractivity (Wildman–Crippen MR) is 72.1 cm³/mol. The van der Waals surface area contributed by atoms with Gasteiger partial charge in [-0.05, 0) is 13.3 Å². The van der Waals surface area contributed by atoms with Crippen LogP contribution in [0.2, 0.25) is 0 Å². The lowest BCUT2D eigenvalue weighted by Gasteiger charge is -2.19. The monoisotopic (exact) mass is 251 g/mol. The predicted octanol–water partition coefficient (Wildman–Crippen LogP) is 1.63. The Morgan fingerprint density at radius 2 is 2.17 bits per heavy atom. The molecule has 1 rings (SSSR count). The number of hydrogen-bond acceptors (Lipinski definition) is 4. The first-order valence-corrected chi connectivity index (χ1v) is 6.34. The summed E-state index contributed by atoms with van der Waals surface area (Å²) in [5, 5.41) is 4.09. The van der Waals surface area contributed by atoms with Crippen LogP contribution in [0.15, 0.2) is 17.1 Å². The largest absolute Gasteiger partial charge is 0.373 e. The molecule has 0 aliphatic carbocycles. The van der Waals surface area contributed by atoms with Gasteiger partial charge in [-0.15, -0.1) is 0 Å². The fourth-order valence-corrected chi connectivity index (χ4v) is 1.80. The highest BCUT2D eigenvalue weighted by atomic mass is 16.1. The molecule has 1 unspecified atom stereocenters. The summed E-state index contributed by atoms with van der Waals surface area (Å²) in [6, 6.07) is 1.04.